The molecule has 9 nitrogen and oxygen atoms in total. The van der Waals surface area contributed by atoms with Gasteiger partial charge in [0.05, 0.1) is 11.4 Å². The Morgan fingerprint density at radius 3 is 2.80 bits per heavy atom. The molecule has 1 atom stereocenters. The molecule has 0 bridgehead atoms. The maximum absolute atomic E-state index is 12.8. The molecule has 1 aliphatic rings. The standard InChI is InChI=1S/C21H23N7O2/c1-14(11-20(29)27-9-4-10-28-19(27)12-15(2)26-28)21(30)23-18-7-6-17(24-25-18)16-5-3-8-22-13-16/h3,5-8,12-14H,4,9-11H2,1-2H3,(H,23,25,30). The van der Waals surface area contributed by atoms with Crippen molar-refractivity contribution in [2.75, 3.05) is 16.8 Å². The summed E-state index contributed by atoms with van der Waals surface area (Å²) in [5.41, 5.74) is 2.39. The summed E-state index contributed by atoms with van der Waals surface area (Å²) in [6.45, 7) is 5.08. The minimum absolute atomic E-state index is 0.0866. The minimum atomic E-state index is -0.503. The predicted octanol–water partition coefficient (Wildman–Crippen LogP) is 2.45. The van der Waals surface area contributed by atoms with Gasteiger partial charge in [-0.2, -0.15) is 5.10 Å². The fourth-order valence-corrected chi connectivity index (χ4v) is 3.44. The van der Waals surface area contributed by atoms with Crippen LogP contribution in [0.5, 0.6) is 0 Å². The lowest BCUT2D eigenvalue weighted by atomic mass is 10.1. The number of amides is 2. The van der Waals surface area contributed by atoms with Crippen molar-refractivity contribution in [3.63, 3.8) is 0 Å². The topological polar surface area (TPSA) is 106 Å². The summed E-state index contributed by atoms with van der Waals surface area (Å²) >= 11 is 0. The van der Waals surface area contributed by atoms with Gasteiger partial charge in [-0.25, -0.2) is 4.68 Å². The average Bonchev–Trinajstić information content (AvgIpc) is 3.15. The zero-order valence-corrected chi connectivity index (χ0v) is 16.9. The van der Waals surface area contributed by atoms with Crippen molar-refractivity contribution < 1.29 is 9.59 Å². The number of nitrogens with zero attached hydrogens (tertiary/aromatic N) is 6. The Balaban J connectivity index is 1.37. The van der Waals surface area contributed by atoms with Crippen LogP contribution in [0.1, 0.15) is 25.5 Å². The summed E-state index contributed by atoms with van der Waals surface area (Å²) < 4.78 is 1.85. The van der Waals surface area contributed by atoms with Gasteiger partial charge in [0.2, 0.25) is 11.8 Å². The smallest absolute Gasteiger partial charge is 0.228 e. The van der Waals surface area contributed by atoms with Crippen molar-refractivity contribution >= 4 is 23.5 Å². The van der Waals surface area contributed by atoms with E-state index in [1.54, 1.807) is 36.4 Å². The highest BCUT2D eigenvalue weighted by molar-refractivity contribution is 5.98. The Kier molecular flexibility index (Phi) is 5.51. The van der Waals surface area contributed by atoms with E-state index in [2.05, 4.69) is 25.6 Å². The van der Waals surface area contributed by atoms with Gasteiger partial charge >= 0.3 is 0 Å². The number of fused-ring (bicyclic) bond motifs is 1. The number of carbonyl (C=O) groups excluding carboxylic acids is 2. The van der Waals surface area contributed by atoms with E-state index in [0.29, 0.717) is 18.1 Å². The highest BCUT2D eigenvalue weighted by atomic mass is 16.2. The second kappa shape index (κ2) is 8.40. The van der Waals surface area contributed by atoms with Crippen LogP contribution >= 0.6 is 0 Å². The third-order valence-electron chi connectivity index (χ3n) is 5.01. The van der Waals surface area contributed by atoms with Crippen LogP contribution in [0.3, 0.4) is 0 Å². The summed E-state index contributed by atoms with van der Waals surface area (Å²) in [6.07, 6.45) is 4.34. The van der Waals surface area contributed by atoms with E-state index in [9.17, 15) is 9.59 Å². The summed E-state index contributed by atoms with van der Waals surface area (Å²) in [4.78, 5) is 31.1. The molecule has 1 unspecified atom stereocenters. The zero-order chi connectivity index (χ0) is 21.1. The number of hydrogen-bond donors (Lipinski definition) is 1. The molecule has 3 aromatic rings. The number of anilines is 2. The molecule has 0 aliphatic carbocycles. The summed E-state index contributed by atoms with van der Waals surface area (Å²) in [5, 5.41) is 15.3. The van der Waals surface area contributed by atoms with Crippen LogP contribution in [0, 0.1) is 12.8 Å². The van der Waals surface area contributed by atoms with Gasteiger partial charge in [-0.3, -0.25) is 19.5 Å². The Hall–Kier alpha value is -3.62. The molecule has 9 heteroatoms. The first-order valence-corrected chi connectivity index (χ1v) is 9.91. The molecule has 0 saturated carbocycles. The number of hydrogen-bond acceptors (Lipinski definition) is 6. The molecule has 1 N–H and O–H groups in total. The van der Waals surface area contributed by atoms with Crippen LogP contribution in [0.15, 0.2) is 42.7 Å². The molecule has 0 radical (unpaired) electrons. The molecule has 1 aliphatic heterocycles. The van der Waals surface area contributed by atoms with Crippen molar-refractivity contribution in [1.29, 1.82) is 0 Å². The first-order valence-electron chi connectivity index (χ1n) is 9.91. The molecular weight excluding hydrogens is 382 g/mol. The van der Waals surface area contributed by atoms with Crippen LogP contribution in [-0.4, -0.2) is 43.3 Å². The number of carbonyl (C=O) groups is 2. The summed E-state index contributed by atoms with van der Waals surface area (Å²) in [6, 6.07) is 9.07. The first kappa shape index (κ1) is 19.7. The molecule has 4 heterocycles. The second-order valence-electron chi connectivity index (χ2n) is 7.41. The summed E-state index contributed by atoms with van der Waals surface area (Å²) in [7, 11) is 0. The van der Waals surface area contributed by atoms with Crippen LogP contribution < -0.4 is 10.2 Å². The Labute approximate surface area is 174 Å². The third kappa shape index (κ3) is 4.19. The Bertz CT molecular complexity index is 1050. The number of rotatable bonds is 5. The van der Waals surface area contributed by atoms with Crippen molar-refractivity contribution in [1.82, 2.24) is 25.0 Å². The van der Waals surface area contributed by atoms with E-state index in [-0.39, 0.29) is 18.2 Å². The molecule has 0 aromatic carbocycles. The third-order valence-corrected chi connectivity index (χ3v) is 5.01. The number of pyridine rings is 1. The first-order chi connectivity index (χ1) is 14.5. The molecule has 2 amide bonds. The van der Waals surface area contributed by atoms with Crippen LogP contribution in [0.2, 0.25) is 0 Å². The lowest BCUT2D eigenvalue weighted by Gasteiger charge is -2.28. The Morgan fingerprint density at radius 2 is 2.07 bits per heavy atom. The van der Waals surface area contributed by atoms with Gasteiger partial charge in [0.25, 0.3) is 0 Å². The fourth-order valence-electron chi connectivity index (χ4n) is 3.44. The van der Waals surface area contributed by atoms with E-state index >= 15 is 0 Å². The van der Waals surface area contributed by atoms with Gasteiger partial charge in [0.1, 0.15) is 5.82 Å². The lowest BCUT2D eigenvalue weighted by molar-refractivity contribution is -0.125. The van der Waals surface area contributed by atoms with Crippen molar-refractivity contribution in [3.8, 4) is 11.3 Å². The van der Waals surface area contributed by atoms with Crippen LogP contribution in [-0.2, 0) is 16.1 Å². The van der Waals surface area contributed by atoms with Gasteiger partial charge < -0.3 is 5.32 Å². The van der Waals surface area contributed by atoms with Crippen molar-refractivity contribution in [2.45, 2.75) is 33.2 Å². The summed E-state index contributed by atoms with van der Waals surface area (Å²) in [5.74, 6) is 0.286. The van der Waals surface area contributed by atoms with E-state index < -0.39 is 5.92 Å². The van der Waals surface area contributed by atoms with Gasteiger partial charge in [0, 0.05) is 49.5 Å². The monoisotopic (exact) mass is 405 g/mol. The highest BCUT2D eigenvalue weighted by Gasteiger charge is 2.27. The maximum atomic E-state index is 12.8. The molecule has 0 fully saturated rings. The number of nitrogens with one attached hydrogen (secondary N) is 1. The quantitative estimate of drug-likeness (QED) is 0.699. The van der Waals surface area contributed by atoms with E-state index in [1.165, 1.54) is 0 Å². The van der Waals surface area contributed by atoms with Crippen molar-refractivity contribution in [2.24, 2.45) is 5.92 Å². The average molecular weight is 405 g/mol. The van der Waals surface area contributed by atoms with Gasteiger partial charge in [-0.15, -0.1) is 10.2 Å². The molecule has 30 heavy (non-hydrogen) atoms. The number of aromatic nitrogens is 5. The van der Waals surface area contributed by atoms with E-state index in [0.717, 1.165) is 30.0 Å². The van der Waals surface area contributed by atoms with E-state index in [1.807, 2.05) is 29.8 Å². The van der Waals surface area contributed by atoms with Crippen LogP contribution in [0.25, 0.3) is 11.3 Å². The van der Waals surface area contributed by atoms with Gasteiger partial charge in [-0.05, 0) is 37.6 Å². The fraction of sp³-hybridized carbons (Fsp3) is 0.333. The van der Waals surface area contributed by atoms with E-state index in [4.69, 9.17) is 0 Å². The molecular formula is C21H23N7O2. The molecule has 0 saturated heterocycles. The SMILES string of the molecule is Cc1cc2n(n1)CCCN2C(=O)CC(C)C(=O)Nc1ccc(-c2cccnc2)nn1. The van der Waals surface area contributed by atoms with Gasteiger partial charge in [-0.1, -0.05) is 6.92 Å². The normalized spacial score (nSPS) is 14.1. The molecule has 4 rings (SSSR count). The minimum Gasteiger partial charge on any atom is -0.309 e. The molecule has 0 spiro atoms. The molecule has 3 aromatic heterocycles. The largest absolute Gasteiger partial charge is 0.309 e. The predicted molar refractivity (Wildman–Crippen MR) is 112 cm³/mol. The van der Waals surface area contributed by atoms with Gasteiger partial charge in [0.15, 0.2) is 5.82 Å². The second-order valence-corrected chi connectivity index (χ2v) is 7.41. The maximum Gasteiger partial charge on any atom is 0.228 e. The Morgan fingerprint density at radius 1 is 1.20 bits per heavy atom. The zero-order valence-electron chi connectivity index (χ0n) is 16.9. The van der Waals surface area contributed by atoms with Crippen molar-refractivity contribution in [3.05, 3.63) is 48.4 Å². The van der Waals surface area contributed by atoms with Crippen LogP contribution in [0.4, 0.5) is 11.6 Å². The highest BCUT2D eigenvalue weighted by Crippen LogP contribution is 2.23. The molecule has 154 valence electrons. The lowest BCUT2D eigenvalue weighted by Crippen LogP contribution is -2.39. The number of aryl methyl sites for hydroxylation is 2.